The van der Waals surface area contributed by atoms with Crippen LogP contribution in [-0.4, -0.2) is 58.1 Å². The van der Waals surface area contributed by atoms with Gasteiger partial charge in [0.05, 0.1) is 5.56 Å². The number of amides is 2. The van der Waals surface area contributed by atoms with Crippen LogP contribution in [0, 0.1) is 6.92 Å². The molecule has 20 heavy (non-hydrogen) atoms. The number of likely N-dealkylation sites (N-methyl/N-ethyl adjacent to an activating group) is 1. The van der Waals surface area contributed by atoms with E-state index >= 15 is 0 Å². The molecule has 0 unspecified atom stereocenters. The summed E-state index contributed by atoms with van der Waals surface area (Å²) in [6.45, 7) is 5.64. The first kappa shape index (κ1) is 14.4. The lowest BCUT2D eigenvalue weighted by Crippen LogP contribution is -2.40. The molecule has 2 N–H and O–H groups in total. The quantitative estimate of drug-likeness (QED) is 0.881. The van der Waals surface area contributed by atoms with Gasteiger partial charge in [-0.1, -0.05) is 0 Å². The third-order valence-corrected chi connectivity index (χ3v) is 3.81. The fourth-order valence-electron chi connectivity index (χ4n) is 2.62. The minimum atomic E-state index is -0.937. The Hall–Kier alpha value is -1.98. The van der Waals surface area contributed by atoms with Crippen LogP contribution in [0.5, 0.6) is 0 Å². The van der Waals surface area contributed by atoms with Crippen LogP contribution in [0.25, 0.3) is 0 Å². The molecule has 1 aromatic rings. The fourth-order valence-corrected chi connectivity index (χ4v) is 2.62. The Morgan fingerprint density at radius 3 is 2.95 bits per heavy atom. The number of aromatic nitrogens is 1. The molecule has 0 aliphatic carbocycles. The van der Waals surface area contributed by atoms with E-state index in [2.05, 4.69) is 4.98 Å². The number of carboxylic acid groups (broad SMARTS) is 1. The molecule has 0 saturated carbocycles. The maximum atomic E-state index is 12.5. The van der Waals surface area contributed by atoms with E-state index in [1.807, 2.05) is 13.1 Å². The average molecular weight is 279 g/mol. The normalized spacial score (nSPS) is 14.9. The number of nitrogens with zero attached hydrogens (tertiary/aromatic N) is 2. The number of hydrogen-bond acceptors (Lipinski definition) is 2. The van der Waals surface area contributed by atoms with Gasteiger partial charge in [0.2, 0.25) is 0 Å². The molecule has 2 rings (SSSR count). The highest BCUT2D eigenvalue weighted by Gasteiger charge is 2.25. The number of aromatic amines is 1. The number of aryl methyl sites for hydroxylation is 2. The number of carbonyl (C=O) groups excluding carboxylic acids is 1. The molecule has 1 aromatic heterocycles. The second-order valence-corrected chi connectivity index (χ2v) is 5.08. The lowest BCUT2D eigenvalue weighted by molar-refractivity contribution is 0.0735. The first-order valence-corrected chi connectivity index (χ1v) is 6.98. The molecule has 0 atom stereocenters. The van der Waals surface area contributed by atoms with Crippen LogP contribution in [0.4, 0.5) is 4.79 Å². The van der Waals surface area contributed by atoms with E-state index < -0.39 is 6.09 Å². The predicted octanol–water partition coefficient (Wildman–Crippen LogP) is 1.71. The van der Waals surface area contributed by atoms with Crippen molar-refractivity contribution in [3.8, 4) is 0 Å². The van der Waals surface area contributed by atoms with Crippen LogP contribution in [0.1, 0.15) is 35.0 Å². The summed E-state index contributed by atoms with van der Waals surface area (Å²) >= 11 is 0. The maximum absolute atomic E-state index is 12.5. The van der Waals surface area contributed by atoms with Gasteiger partial charge in [0.1, 0.15) is 0 Å². The summed E-state index contributed by atoms with van der Waals surface area (Å²) in [5.74, 6) is 0.0118. The van der Waals surface area contributed by atoms with Crippen LogP contribution in [0.2, 0.25) is 0 Å². The summed E-state index contributed by atoms with van der Waals surface area (Å²) in [6, 6.07) is 0. The van der Waals surface area contributed by atoms with Crippen molar-refractivity contribution in [3.05, 3.63) is 23.0 Å². The molecule has 6 nitrogen and oxygen atoms in total. The van der Waals surface area contributed by atoms with Crippen LogP contribution >= 0.6 is 0 Å². The molecule has 0 fully saturated rings. The molecule has 1 aliphatic heterocycles. The van der Waals surface area contributed by atoms with Gasteiger partial charge in [-0.15, -0.1) is 0 Å². The highest BCUT2D eigenvalue weighted by atomic mass is 16.4. The minimum Gasteiger partial charge on any atom is -0.465 e. The molecule has 6 heteroatoms. The van der Waals surface area contributed by atoms with Gasteiger partial charge >= 0.3 is 6.09 Å². The van der Waals surface area contributed by atoms with E-state index in [4.69, 9.17) is 5.11 Å². The van der Waals surface area contributed by atoms with Gasteiger partial charge in [0, 0.05) is 38.1 Å². The number of rotatable bonds is 4. The molecular formula is C14H21N3O3. The number of hydrogen-bond donors (Lipinski definition) is 2. The van der Waals surface area contributed by atoms with Crippen molar-refractivity contribution in [1.29, 1.82) is 0 Å². The van der Waals surface area contributed by atoms with Crippen molar-refractivity contribution in [2.24, 2.45) is 0 Å². The maximum Gasteiger partial charge on any atom is 0.407 e. The summed E-state index contributed by atoms with van der Waals surface area (Å²) in [4.78, 5) is 29.8. The molecule has 0 radical (unpaired) electrons. The SMILES string of the molecule is CCN(CCN1CCCc2[nH]cc(C)c2C1=O)C(=O)O. The third kappa shape index (κ3) is 2.79. The van der Waals surface area contributed by atoms with E-state index in [-0.39, 0.29) is 5.91 Å². The van der Waals surface area contributed by atoms with Crippen LogP contribution in [0.15, 0.2) is 6.20 Å². The zero-order valence-electron chi connectivity index (χ0n) is 12.0. The Morgan fingerprint density at radius 1 is 1.55 bits per heavy atom. The van der Waals surface area contributed by atoms with Gasteiger partial charge in [0.15, 0.2) is 0 Å². The fraction of sp³-hybridized carbons (Fsp3) is 0.571. The topological polar surface area (TPSA) is 76.6 Å². The molecule has 2 amide bonds. The minimum absolute atomic E-state index is 0.0118. The van der Waals surface area contributed by atoms with E-state index in [0.717, 1.165) is 29.7 Å². The van der Waals surface area contributed by atoms with Gasteiger partial charge < -0.3 is 19.9 Å². The first-order chi connectivity index (χ1) is 9.54. The Morgan fingerprint density at radius 2 is 2.30 bits per heavy atom. The predicted molar refractivity (Wildman–Crippen MR) is 75.0 cm³/mol. The first-order valence-electron chi connectivity index (χ1n) is 6.98. The molecule has 1 aliphatic rings. The summed E-state index contributed by atoms with van der Waals surface area (Å²) in [6.07, 6.45) is 2.69. The zero-order chi connectivity index (χ0) is 14.7. The molecule has 2 heterocycles. The van der Waals surface area contributed by atoms with Gasteiger partial charge in [-0.25, -0.2) is 4.79 Å². The van der Waals surface area contributed by atoms with Crippen molar-refractivity contribution in [3.63, 3.8) is 0 Å². The molecule has 0 bridgehead atoms. The Bertz CT molecular complexity index is 510. The molecular weight excluding hydrogens is 258 g/mol. The van der Waals surface area contributed by atoms with Crippen molar-refractivity contribution in [1.82, 2.24) is 14.8 Å². The summed E-state index contributed by atoms with van der Waals surface area (Å²) < 4.78 is 0. The highest BCUT2D eigenvalue weighted by molar-refractivity contribution is 5.97. The largest absolute Gasteiger partial charge is 0.465 e. The monoisotopic (exact) mass is 279 g/mol. The summed E-state index contributed by atoms with van der Waals surface area (Å²) in [5.41, 5.74) is 2.73. The molecule has 0 spiro atoms. The van der Waals surface area contributed by atoms with Crippen LogP contribution in [0.3, 0.4) is 0 Å². The van der Waals surface area contributed by atoms with Crippen molar-refractivity contribution in [2.45, 2.75) is 26.7 Å². The Kier molecular flexibility index (Phi) is 4.32. The molecule has 0 saturated heterocycles. The van der Waals surface area contributed by atoms with Crippen molar-refractivity contribution >= 4 is 12.0 Å². The standard InChI is InChI=1S/C14H21N3O3/c1-3-16(14(19)20)7-8-17-6-4-5-11-12(13(17)18)10(2)9-15-11/h9,15H,3-8H2,1-2H3,(H,19,20). The van der Waals surface area contributed by atoms with Crippen molar-refractivity contribution in [2.75, 3.05) is 26.2 Å². The average Bonchev–Trinajstić information content (AvgIpc) is 2.69. The molecule has 0 aromatic carbocycles. The van der Waals surface area contributed by atoms with E-state index in [1.54, 1.807) is 11.8 Å². The zero-order valence-corrected chi connectivity index (χ0v) is 12.0. The number of fused-ring (bicyclic) bond motifs is 1. The number of nitrogens with one attached hydrogen (secondary N) is 1. The molecule has 110 valence electrons. The second kappa shape index (κ2) is 5.98. The van der Waals surface area contributed by atoms with Gasteiger partial charge in [-0.3, -0.25) is 4.79 Å². The third-order valence-electron chi connectivity index (χ3n) is 3.81. The van der Waals surface area contributed by atoms with Crippen LogP contribution in [-0.2, 0) is 6.42 Å². The van der Waals surface area contributed by atoms with Crippen LogP contribution < -0.4 is 0 Å². The van der Waals surface area contributed by atoms with Gasteiger partial charge in [-0.2, -0.15) is 0 Å². The van der Waals surface area contributed by atoms with E-state index in [1.165, 1.54) is 4.90 Å². The smallest absolute Gasteiger partial charge is 0.407 e. The van der Waals surface area contributed by atoms with E-state index in [0.29, 0.717) is 26.2 Å². The number of carbonyl (C=O) groups is 2. The van der Waals surface area contributed by atoms with Gasteiger partial charge in [-0.05, 0) is 32.3 Å². The number of H-pyrrole nitrogens is 1. The highest BCUT2D eigenvalue weighted by Crippen LogP contribution is 2.21. The lowest BCUT2D eigenvalue weighted by Gasteiger charge is -2.24. The van der Waals surface area contributed by atoms with Gasteiger partial charge in [0.25, 0.3) is 5.91 Å². The summed E-state index contributed by atoms with van der Waals surface area (Å²) in [7, 11) is 0. The summed E-state index contributed by atoms with van der Waals surface area (Å²) in [5, 5.41) is 9.01. The lowest BCUT2D eigenvalue weighted by atomic mass is 10.1. The Labute approximate surface area is 118 Å². The van der Waals surface area contributed by atoms with E-state index in [9.17, 15) is 9.59 Å². The van der Waals surface area contributed by atoms with Crippen molar-refractivity contribution < 1.29 is 14.7 Å². The second-order valence-electron chi connectivity index (χ2n) is 5.08. The Balaban J connectivity index is 2.08.